The number of aromatic nitrogens is 1. The molecule has 2 heterocycles. The summed E-state index contributed by atoms with van der Waals surface area (Å²) in [6.45, 7) is 4.07. The topological polar surface area (TPSA) is 34.4 Å². The molecule has 0 aromatic carbocycles. The van der Waals surface area contributed by atoms with Gasteiger partial charge >= 0.3 is 0 Å². The molecule has 1 aliphatic carbocycles. The van der Waals surface area contributed by atoms with Crippen molar-refractivity contribution in [2.24, 2.45) is 4.99 Å². The van der Waals surface area contributed by atoms with Crippen LogP contribution in [0, 0.1) is 13.8 Å². The first-order valence-electron chi connectivity index (χ1n) is 7.98. The van der Waals surface area contributed by atoms with Crippen molar-refractivity contribution in [1.82, 2.24) is 4.57 Å². The van der Waals surface area contributed by atoms with E-state index >= 15 is 0 Å². The molecule has 2 aromatic rings. The predicted octanol–water partition coefficient (Wildman–Crippen LogP) is 4.09. The average Bonchev–Trinajstić information content (AvgIpc) is 2.94. The highest BCUT2D eigenvalue weighted by Gasteiger charge is 2.14. The second-order valence-electron chi connectivity index (χ2n) is 6.07. The fraction of sp³-hybridized carbons (Fsp3) is 0.444. The highest BCUT2D eigenvalue weighted by Crippen LogP contribution is 2.20. The maximum atomic E-state index is 12.7. The molecule has 116 valence electrons. The van der Waals surface area contributed by atoms with Crippen LogP contribution in [-0.2, 0) is 0 Å². The SMILES string of the molecule is Cc1ccn(C(=O)c2ccc(C)s2)c(=NC2CCCCC2)c1. The first-order chi connectivity index (χ1) is 10.6. The molecule has 0 amide bonds. The molecular weight excluding hydrogens is 292 g/mol. The number of hydrogen-bond donors (Lipinski definition) is 0. The van der Waals surface area contributed by atoms with Crippen molar-refractivity contribution >= 4 is 17.2 Å². The summed E-state index contributed by atoms with van der Waals surface area (Å²) in [6.07, 6.45) is 7.94. The molecule has 3 nitrogen and oxygen atoms in total. The van der Waals surface area contributed by atoms with E-state index in [0.717, 1.165) is 33.6 Å². The zero-order chi connectivity index (χ0) is 15.5. The van der Waals surface area contributed by atoms with E-state index < -0.39 is 0 Å². The van der Waals surface area contributed by atoms with E-state index in [1.54, 1.807) is 4.57 Å². The molecule has 2 aromatic heterocycles. The van der Waals surface area contributed by atoms with E-state index in [9.17, 15) is 4.79 Å². The molecule has 0 bridgehead atoms. The molecule has 3 rings (SSSR count). The summed E-state index contributed by atoms with van der Waals surface area (Å²) in [5.41, 5.74) is 1.93. The van der Waals surface area contributed by atoms with E-state index in [-0.39, 0.29) is 5.91 Å². The summed E-state index contributed by atoms with van der Waals surface area (Å²) >= 11 is 1.54. The number of pyridine rings is 1. The first kappa shape index (κ1) is 15.2. The van der Waals surface area contributed by atoms with Crippen molar-refractivity contribution < 1.29 is 4.79 Å². The second-order valence-corrected chi connectivity index (χ2v) is 7.36. The molecule has 1 saturated carbocycles. The van der Waals surface area contributed by atoms with Gasteiger partial charge in [-0.15, -0.1) is 11.3 Å². The fourth-order valence-electron chi connectivity index (χ4n) is 2.93. The van der Waals surface area contributed by atoms with Crippen molar-refractivity contribution in [3.63, 3.8) is 0 Å². The molecule has 0 spiro atoms. The Morgan fingerprint density at radius 3 is 2.64 bits per heavy atom. The van der Waals surface area contributed by atoms with Gasteiger partial charge in [-0.2, -0.15) is 0 Å². The van der Waals surface area contributed by atoms with Gasteiger partial charge in [-0.05, 0) is 56.5 Å². The standard InChI is InChI=1S/C18H22N2OS/c1-13-10-11-20(18(21)16-9-8-14(2)22-16)17(12-13)19-15-6-4-3-5-7-15/h8-12,15H,3-7H2,1-2H3. The summed E-state index contributed by atoms with van der Waals surface area (Å²) in [7, 11) is 0. The van der Waals surface area contributed by atoms with Gasteiger partial charge in [-0.3, -0.25) is 14.4 Å². The molecule has 1 aliphatic rings. The normalized spacial score (nSPS) is 16.9. The average molecular weight is 314 g/mol. The molecule has 0 N–H and O–H groups in total. The van der Waals surface area contributed by atoms with Gasteiger partial charge in [0, 0.05) is 11.1 Å². The first-order valence-corrected chi connectivity index (χ1v) is 8.79. The number of hydrogen-bond acceptors (Lipinski definition) is 3. The van der Waals surface area contributed by atoms with Gasteiger partial charge in [0.05, 0.1) is 10.9 Å². The number of nitrogens with zero attached hydrogens (tertiary/aromatic N) is 2. The lowest BCUT2D eigenvalue weighted by atomic mass is 9.96. The molecule has 4 heteroatoms. The van der Waals surface area contributed by atoms with Crippen molar-refractivity contribution in [2.45, 2.75) is 52.0 Å². The van der Waals surface area contributed by atoms with Gasteiger partial charge < -0.3 is 0 Å². The van der Waals surface area contributed by atoms with Crippen molar-refractivity contribution in [3.8, 4) is 0 Å². The molecule has 0 radical (unpaired) electrons. The number of aryl methyl sites for hydroxylation is 2. The molecule has 22 heavy (non-hydrogen) atoms. The Morgan fingerprint density at radius 2 is 1.95 bits per heavy atom. The zero-order valence-electron chi connectivity index (χ0n) is 13.2. The van der Waals surface area contributed by atoms with Crippen LogP contribution in [0.3, 0.4) is 0 Å². The van der Waals surface area contributed by atoms with Crippen LogP contribution >= 0.6 is 11.3 Å². The highest BCUT2D eigenvalue weighted by molar-refractivity contribution is 7.13. The minimum absolute atomic E-state index is 0.0210. The molecule has 0 saturated heterocycles. The van der Waals surface area contributed by atoms with Crippen molar-refractivity contribution in [1.29, 1.82) is 0 Å². The zero-order valence-corrected chi connectivity index (χ0v) is 14.0. The van der Waals surface area contributed by atoms with E-state index in [0.29, 0.717) is 6.04 Å². The number of thiophene rings is 1. The van der Waals surface area contributed by atoms with Crippen LogP contribution in [0.1, 0.15) is 52.2 Å². The van der Waals surface area contributed by atoms with Crippen LogP contribution in [0.2, 0.25) is 0 Å². The third-order valence-corrected chi connectivity index (χ3v) is 5.14. The minimum atomic E-state index is 0.0210. The predicted molar refractivity (Wildman–Crippen MR) is 90.4 cm³/mol. The summed E-state index contributed by atoms with van der Waals surface area (Å²) in [5, 5.41) is 0. The Hall–Kier alpha value is -1.68. The lowest BCUT2D eigenvalue weighted by molar-refractivity contribution is 0.0958. The fourth-order valence-corrected chi connectivity index (χ4v) is 3.73. The van der Waals surface area contributed by atoms with Crippen molar-refractivity contribution in [2.75, 3.05) is 0 Å². The Balaban J connectivity index is 2.00. The Bertz CT molecular complexity index is 736. The van der Waals surface area contributed by atoms with Gasteiger partial charge in [0.15, 0.2) is 0 Å². The summed E-state index contributed by atoms with van der Waals surface area (Å²) in [4.78, 5) is 19.6. The third-order valence-electron chi connectivity index (χ3n) is 4.15. The van der Waals surface area contributed by atoms with E-state index in [4.69, 9.17) is 4.99 Å². The van der Waals surface area contributed by atoms with Crippen LogP contribution in [0.25, 0.3) is 0 Å². The maximum absolute atomic E-state index is 12.7. The van der Waals surface area contributed by atoms with Gasteiger partial charge in [0.1, 0.15) is 5.49 Å². The number of carbonyl (C=O) groups is 1. The third kappa shape index (κ3) is 3.38. The smallest absolute Gasteiger partial charge is 0.267 e. The lowest BCUT2D eigenvalue weighted by Crippen LogP contribution is -2.29. The van der Waals surface area contributed by atoms with Crippen molar-refractivity contribution in [3.05, 3.63) is 51.3 Å². The monoisotopic (exact) mass is 314 g/mol. The Morgan fingerprint density at radius 1 is 1.18 bits per heavy atom. The van der Waals surface area contributed by atoms with Crippen LogP contribution in [0.5, 0.6) is 0 Å². The van der Waals surface area contributed by atoms with Gasteiger partial charge in [-0.1, -0.05) is 19.3 Å². The van der Waals surface area contributed by atoms with Gasteiger partial charge in [0.25, 0.3) is 5.91 Å². The summed E-state index contributed by atoms with van der Waals surface area (Å²) < 4.78 is 1.70. The number of rotatable bonds is 2. The molecular formula is C18H22N2OS. The van der Waals surface area contributed by atoms with Crippen LogP contribution in [-0.4, -0.2) is 16.5 Å². The molecule has 0 atom stereocenters. The number of carbonyl (C=O) groups excluding carboxylic acids is 1. The highest BCUT2D eigenvalue weighted by atomic mass is 32.1. The largest absolute Gasteiger partial charge is 0.273 e. The second kappa shape index (κ2) is 6.61. The van der Waals surface area contributed by atoms with E-state index in [1.807, 2.05) is 44.3 Å². The van der Waals surface area contributed by atoms with Gasteiger partial charge in [0.2, 0.25) is 0 Å². The van der Waals surface area contributed by atoms with Gasteiger partial charge in [-0.25, -0.2) is 0 Å². The Kier molecular flexibility index (Phi) is 4.57. The van der Waals surface area contributed by atoms with Crippen LogP contribution in [0.15, 0.2) is 35.5 Å². The Labute approximate surface area is 135 Å². The quantitative estimate of drug-likeness (QED) is 0.822. The molecule has 1 fully saturated rings. The molecule has 0 unspecified atom stereocenters. The molecule has 0 aliphatic heterocycles. The summed E-state index contributed by atoms with van der Waals surface area (Å²) in [5.74, 6) is 0.0210. The lowest BCUT2D eigenvalue weighted by Gasteiger charge is -2.18. The minimum Gasteiger partial charge on any atom is -0.267 e. The van der Waals surface area contributed by atoms with Crippen LogP contribution < -0.4 is 5.49 Å². The summed E-state index contributed by atoms with van der Waals surface area (Å²) in [6, 6.07) is 8.25. The van der Waals surface area contributed by atoms with E-state index in [1.165, 1.54) is 30.6 Å². The van der Waals surface area contributed by atoms with Crippen LogP contribution in [0.4, 0.5) is 0 Å². The van der Waals surface area contributed by atoms with E-state index in [2.05, 4.69) is 0 Å². The maximum Gasteiger partial charge on any atom is 0.273 e.